The van der Waals surface area contributed by atoms with Crippen molar-refractivity contribution in [3.8, 4) is 0 Å². The first-order valence-electron chi connectivity index (χ1n) is 8.01. The summed E-state index contributed by atoms with van der Waals surface area (Å²) in [6.07, 6.45) is 5.88. The Labute approximate surface area is 139 Å². The van der Waals surface area contributed by atoms with Crippen LogP contribution in [0.25, 0.3) is 0 Å². The van der Waals surface area contributed by atoms with Gasteiger partial charge in [-0.1, -0.05) is 25.1 Å². The zero-order valence-electron chi connectivity index (χ0n) is 13.2. The van der Waals surface area contributed by atoms with Gasteiger partial charge in [-0.15, -0.1) is 10.2 Å². The number of esters is 1. The Kier molecular flexibility index (Phi) is 5.38. The molecule has 0 radical (unpaired) electrons. The molecular weight excluding hydrogens is 314 g/mol. The summed E-state index contributed by atoms with van der Waals surface area (Å²) in [7, 11) is 0. The predicted octanol–water partition coefficient (Wildman–Crippen LogP) is 3.23. The number of ether oxygens (including phenoxy) is 1. The van der Waals surface area contributed by atoms with Crippen molar-refractivity contribution < 1.29 is 13.9 Å². The zero-order valence-corrected chi connectivity index (χ0v) is 14.1. The second kappa shape index (κ2) is 7.68. The minimum Gasteiger partial charge on any atom is -0.467 e. The van der Waals surface area contributed by atoms with Crippen LogP contribution in [0.5, 0.6) is 0 Å². The largest absolute Gasteiger partial charge is 0.467 e. The summed E-state index contributed by atoms with van der Waals surface area (Å²) in [5.41, 5.74) is 0. The summed E-state index contributed by atoms with van der Waals surface area (Å²) >= 11 is 1.37. The van der Waals surface area contributed by atoms with Crippen LogP contribution in [-0.2, 0) is 16.1 Å². The molecule has 0 aliphatic heterocycles. The fourth-order valence-corrected chi connectivity index (χ4v) is 3.00. The van der Waals surface area contributed by atoms with E-state index in [9.17, 15) is 4.79 Å². The second-order valence-corrected chi connectivity index (χ2v) is 6.59. The van der Waals surface area contributed by atoms with Crippen LogP contribution < -0.4 is 0 Å². The van der Waals surface area contributed by atoms with Crippen LogP contribution in [-0.4, -0.2) is 33.1 Å². The minimum atomic E-state index is -0.205. The number of rotatable bonds is 9. The standard InChI is InChI=1S/C16H21N3O3S/c1-2-3-8-22-14(20)11-23-16-18-17-15(12-6-7-12)19(16)10-13-5-4-9-21-13/h4-5,9,12H,2-3,6-8,10-11H2,1H3. The van der Waals surface area contributed by atoms with Gasteiger partial charge in [0.15, 0.2) is 5.16 Å². The van der Waals surface area contributed by atoms with Gasteiger partial charge in [0.05, 0.1) is 25.2 Å². The normalized spacial score (nSPS) is 14.1. The first-order chi connectivity index (χ1) is 11.3. The fourth-order valence-electron chi connectivity index (χ4n) is 2.25. The summed E-state index contributed by atoms with van der Waals surface area (Å²) in [4.78, 5) is 11.8. The van der Waals surface area contributed by atoms with Gasteiger partial charge >= 0.3 is 5.97 Å². The highest BCUT2D eigenvalue weighted by Crippen LogP contribution is 2.40. The van der Waals surface area contributed by atoms with E-state index in [0.717, 1.165) is 42.4 Å². The quantitative estimate of drug-likeness (QED) is 0.398. The van der Waals surface area contributed by atoms with Crippen molar-refractivity contribution in [2.45, 2.75) is 50.2 Å². The van der Waals surface area contributed by atoms with Crippen molar-refractivity contribution >= 4 is 17.7 Å². The molecule has 0 amide bonds. The maximum atomic E-state index is 11.8. The van der Waals surface area contributed by atoms with Gasteiger partial charge in [0.1, 0.15) is 11.6 Å². The Morgan fingerprint density at radius 1 is 1.48 bits per heavy atom. The first kappa shape index (κ1) is 16.1. The van der Waals surface area contributed by atoms with E-state index in [-0.39, 0.29) is 11.7 Å². The molecule has 0 N–H and O–H groups in total. The molecule has 1 saturated carbocycles. The van der Waals surface area contributed by atoms with E-state index in [1.54, 1.807) is 6.26 Å². The summed E-state index contributed by atoms with van der Waals surface area (Å²) in [5.74, 6) is 2.39. The third-order valence-corrected chi connectivity index (χ3v) is 4.60. The second-order valence-electron chi connectivity index (χ2n) is 5.64. The number of hydrogen-bond acceptors (Lipinski definition) is 6. The molecule has 2 aromatic rings. The van der Waals surface area contributed by atoms with Gasteiger partial charge in [0.2, 0.25) is 0 Å². The highest BCUT2D eigenvalue weighted by atomic mass is 32.2. The Hall–Kier alpha value is -1.76. The number of carbonyl (C=O) groups excluding carboxylic acids is 1. The lowest BCUT2D eigenvalue weighted by atomic mass is 10.3. The van der Waals surface area contributed by atoms with Crippen LogP contribution in [0.15, 0.2) is 28.0 Å². The number of nitrogens with zero attached hydrogens (tertiary/aromatic N) is 3. The summed E-state index contributed by atoms with van der Waals surface area (Å²) in [6, 6.07) is 3.80. The van der Waals surface area contributed by atoms with E-state index in [0.29, 0.717) is 19.1 Å². The number of aromatic nitrogens is 3. The number of furan rings is 1. The Balaban J connectivity index is 1.63. The minimum absolute atomic E-state index is 0.205. The van der Waals surface area contributed by atoms with Crippen molar-refractivity contribution in [1.82, 2.24) is 14.8 Å². The molecule has 0 atom stereocenters. The molecule has 2 heterocycles. The topological polar surface area (TPSA) is 70.2 Å². The Morgan fingerprint density at radius 3 is 3.04 bits per heavy atom. The number of thioether (sulfide) groups is 1. The smallest absolute Gasteiger partial charge is 0.316 e. The number of unbranched alkanes of at least 4 members (excludes halogenated alkanes) is 1. The first-order valence-corrected chi connectivity index (χ1v) is 9.00. The lowest BCUT2D eigenvalue weighted by Crippen LogP contribution is -2.10. The van der Waals surface area contributed by atoms with Gasteiger partial charge in [-0.05, 0) is 31.4 Å². The van der Waals surface area contributed by atoms with Crippen LogP contribution in [0.2, 0.25) is 0 Å². The van der Waals surface area contributed by atoms with Crippen molar-refractivity contribution in [2.24, 2.45) is 0 Å². The molecule has 1 aliphatic rings. The monoisotopic (exact) mass is 335 g/mol. The number of hydrogen-bond donors (Lipinski definition) is 0. The van der Waals surface area contributed by atoms with Crippen LogP contribution in [0.3, 0.4) is 0 Å². The maximum absolute atomic E-state index is 11.8. The average molecular weight is 335 g/mol. The van der Waals surface area contributed by atoms with Crippen molar-refractivity contribution in [1.29, 1.82) is 0 Å². The Morgan fingerprint density at radius 2 is 2.35 bits per heavy atom. The summed E-state index contributed by atoms with van der Waals surface area (Å²) in [6.45, 7) is 3.15. The third kappa shape index (κ3) is 4.37. The molecule has 0 bridgehead atoms. The van der Waals surface area contributed by atoms with E-state index in [1.165, 1.54) is 11.8 Å². The lowest BCUT2D eigenvalue weighted by molar-refractivity contribution is -0.140. The van der Waals surface area contributed by atoms with Gasteiger partial charge in [-0.3, -0.25) is 9.36 Å². The molecule has 0 aromatic carbocycles. The lowest BCUT2D eigenvalue weighted by Gasteiger charge is -2.08. The van der Waals surface area contributed by atoms with Crippen LogP contribution >= 0.6 is 11.8 Å². The highest BCUT2D eigenvalue weighted by Gasteiger charge is 2.30. The van der Waals surface area contributed by atoms with E-state index in [1.807, 2.05) is 12.1 Å². The van der Waals surface area contributed by atoms with Crippen LogP contribution in [0.4, 0.5) is 0 Å². The van der Waals surface area contributed by atoms with E-state index >= 15 is 0 Å². The molecule has 124 valence electrons. The molecule has 1 fully saturated rings. The summed E-state index contributed by atoms with van der Waals surface area (Å²) < 4.78 is 12.7. The van der Waals surface area contributed by atoms with E-state index in [2.05, 4.69) is 21.7 Å². The SMILES string of the molecule is CCCCOC(=O)CSc1nnc(C2CC2)n1Cc1ccco1. The van der Waals surface area contributed by atoms with Crippen molar-refractivity contribution in [3.05, 3.63) is 30.0 Å². The molecule has 3 rings (SSSR count). The molecular formula is C16H21N3O3S. The molecule has 0 unspecified atom stereocenters. The molecule has 0 saturated heterocycles. The van der Waals surface area contributed by atoms with Crippen LogP contribution in [0.1, 0.15) is 50.1 Å². The van der Waals surface area contributed by atoms with Crippen molar-refractivity contribution in [3.63, 3.8) is 0 Å². The highest BCUT2D eigenvalue weighted by molar-refractivity contribution is 7.99. The molecule has 23 heavy (non-hydrogen) atoms. The molecule has 2 aromatic heterocycles. The van der Waals surface area contributed by atoms with Gasteiger partial charge in [-0.25, -0.2) is 0 Å². The molecule has 1 aliphatic carbocycles. The Bertz CT molecular complexity index is 635. The molecule has 0 spiro atoms. The van der Waals surface area contributed by atoms with Crippen LogP contribution in [0, 0.1) is 0 Å². The molecule has 6 nitrogen and oxygen atoms in total. The zero-order chi connectivity index (χ0) is 16.1. The van der Waals surface area contributed by atoms with Crippen molar-refractivity contribution in [2.75, 3.05) is 12.4 Å². The van der Waals surface area contributed by atoms with Gasteiger partial charge in [0, 0.05) is 5.92 Å². The van der Waals surface area contributed by atoms with Gasteiger partial charge < -0.3 is 9.15 Å². The van der Waals surface area contributed by atoms with E-state index in [4.69, 9.17) is 9.15 Å². The number of carbonyl (C=O) groups is 1. The van der Waals surface area contributed by atoms with E-state index < -0.39 is 0 Å². The summed E-state index contributed by atoms with van der Waals surface area (Å²) in [5, 5.41) is 9.31. The average Bonchev–Trinajstić information content (AvgIpc) is 3.11. The molecule has 7 heteroatoms. The predicted molar refractivity (Wildman–Crippen MR) is 86.4 cm³/mol. The van der Waals surface area contributed by atoms with Gasteiger partial charge in [-0.2, -0.15) is 0 Å². The third-order valence-electron chi connectivity index (χ3n) is 3.66. The fraction of sp³-hybridized carbons (Fsp3) is 0.562. The van der Waals surface area contributed by atoms with Gasteiger partial charge in [0.25, 0.3) is 0 Å². The maximum Gasteiger partial charge on any atom is 0.316 e.